The second kappa shape index (κ2) is 5.77. The molecular weight excluding hydrogens is 284 g/mol. The lowest BCUT2D eigenvalue weighted by Crippen LogP contribution is -2.19. The molecule has 21 heavy (non-hydrogen) atoms. The second-order valence-electron chi connectivity index (χ2n) is 4.99. The Balaban J connectivity index is 2.62. The first-order chi connectivity index (χ1) is 9.86. The number of anilines is 3. The highest BCUT2D eigenvalue weighted by Gasteiger charge is 2.18. The Morgan fingerprint density at radius 1 is 1.05 bits per heavy atom. The molecule has 0 saturated heterocycles. The number of benzene rings is 2. The van der Waals surface area contributed by atoms with Gasteiger partial charge in [0.1, 0.15) is 0 Å². The van der Waals surface area contributed by atoms with Gasteiger partial charge < -0.3 is 10.6 Å². The summed E-state index contributed by atoms with van der Waals surface area (Å²) in [5, 5.41) is 0. The number of aryl methyl sites for hydroxylation is 1. The van der Waals surface area contributed by atoms with Gasteiger partial charge in [-0.05, 0) is 37.6 Å². The summed E-state index contributed by atoms with van der Waals surface area (Å²) in [4.78, 5) is 2.20. The highest BCUT2D eigenvalue weighted by Crippen LogP contribution is 2.35. The van der Waals surface area contributed by atoms with Gasteiger partial charge in [0.25, 0.3) is 0 Å². The quantitative estimate of drug-likeness (QED) is 0.881. The molecule has 0 aliphatic rings. The number of hydrogen-bond donors (Lipinski definition) is 1. The van der Waals surface area contributed by atoms with Gasteiger partial charge in [-0.15, -0.1) is 0 Å². The molecule has 0 bridgehead atoms. The van der Waals surface area contributed by atoms with Gasteiger partial charge in [-0.1, -0.05) is 24.3 Å². The molecule has 0 aliphatic carbocycles. The van der Waals surface area contributed by atoms with Crippen molar-refractivity contribution in [3.8, 4) is 0 Å². The number of nitrogens with zero attached hydrogens (tertiary/aromatic N) is 1. The van der Waals surface area contributed by atoms with E-state index in [1.165, 1.54) is 6.26 Å². The zero-order valence-electron chi connectivity index (χ0n) is 12.5. The Morgan fingerprint density at radius 3 is 2.24 bits per heavy atom. The van der Waals surface area contributed by atoms with Gasteiger partial charge >= 0.3 is 0 Å². The van der Waals surface area contributed by atoms with E-state index in [1.54, 1.807) is 12.1 Å². The van der Waals surface area contributed by atoms with Crippen molar-refractivity contribution in [2.24, 2.45) is 0 Å². The Morgan fingerprint density at radius 2 is 1.67 bits per heavy atom. The molecule has 2 N–H and O–H groups in total. The summed E-state index contributed by atoms with van der Waals surface area (Å²) in [5.74, 6) is 0. The van der Waals surface area contributed by atoms with E-state index in [0.29, 0.717) is 12.2 Å². The highest BCUT2D eigenvalue weighted by atomic mass is 32.2. The number of nitrogens with two attached hydrogens (primary N) is 1. The van der Waals surface area contributed by atoms with Gasteiger partial charge in [0.15, 0.2) is 9.84 Å². The van der Waals surface area contributed by atoms with Crippen molar-refractivity contribution in [1.82, 2.24) is 0 Å². The maximum Gasteiger partial charge on any atom is 0.177 e. The van der Waals surface area contributed by atoms with Gasteiger partial charge in [-0.3, -0.25) is 0 Å². The molecular formula is C16H20N2O2S. The van der Waals surface area contributed by atoms with Crippen molar-refractivity contribution in [3.63, 3.8) is 0 Å². The molecule has 2 aromatic carbocycles. The third-order valence-electron chi connectivity index (χ3n) is 3.46. The SMILES string of the molecule is CCN(c1ccccc1C)c1cccc(S(C)(=O)=O)c1N. The average Bonchev–Trinajstić information content (AvgIpc) is 2.42. The summed E-state index contributed by atoms with van der Waals surface area (Å²) < 4.78 is 23.6. The second-order valence-corrected chi connectivity index (χ2v) is 6.98. The van der Waals surface area contributed by atoms with Gasteiger partial charge in [0.2, 0.25) is 0 Å². The van der Waals surface area contributed by atoms with Crippen molar-refractivity contribution in [1.29, 1.82) is 0 Å². The predicted octanol–water partition coefficient (Wildman–Crippen LogP) is 3.14. The molecule has 0 heterocycles. The molecule has 4 nitrogen and oxygen atoms in total. The van der Waals surface area contributed by atoms with Crippen molar-refractivity contribution in [2.75, 3.05) is 23.4 Å². The van der Waals surface area contributed by atoms with E-state index < -0.39 is 9.84 Å². The van der Waals surface area contributed by atoms with Crippen molar-refractivity contribution in [3.05, 3.63) is 48.0 Å². The Labute approximate surface area is 126 Å². The minimum atomic E-state index is -3.34. The lowest BCUT2D eigenvalue weighted by atomic mass is 10.1. The standard InChI is InChI=1S/C16H20N2O2S/c1-4-18(13-9-6-5-8-12(13)2)14-10-7-11-15(16(14)17)21(3,19)20/h5-11H,4,17H2,1-3H3. The Bertz CT molecular complexity index is 755. The van der Waals surface area contributed by atoms with E-state index in [0.717, 1.165) is 16.9 Å². The molecule has 0 spiro atoms. The van der Waals surface area contributed by atoms with E-state index in [9.17, 15) is 8.42 Å². The lowest BCUT2D eigenvalue weighted by molar-refractivity contribution is 0.602. The van der Waals surface area contributed by atoms with Gasteiger partial charge in [-0.25, -0.2) is 8.42 Å². The molecule has 0 aliphatic heterocycles. The van der Waals surface area contributed by atoms with Crippen molar-refractivity contribution < 1.29 is 8.42 Å². The van der Waals surface area contributed by atoms with E-state index in [1.807, 2.05) is 49.1 Å². The van der Waals surface area contributed by atoms with E-state index in [4.69, 9.17) is 5.73 Å². The summed E-state index contributed by atoms with van der Waals surface area (Å²) in [7, 11) is -3.34. The third kappa shape index (κ3) is 3.03. The minimum absolute atomic E-state index is 0.173. The largest absolute Gasteiger partial charge is 0.396 e. The van der Waals surface area contributed by atoms with E-state index in [2.05, 4.69) is 0 Å². The molecule has 0 saturated carbocycles. The zero-order valence-corrected chi connectivity index (χ0v) is 13.3. The predicted molar refractivity (Wildman–Crippen MR) is 87.8 cm³/mol. The smallest absolute Gasteiger partial charge is 0.177 e. The average molecular weight is 304 g/mol. The maximum atomic E-state index is 11.8. The molecule has 2 aromatic rings. The Hall–Kier alpha value is -2.01. The zero-order chi connectivity index (χ0) is 15.6. The lowest BCUT2D eigenvalue weighted by Gasteiger charge is -2.27. The molecule has 2 rings (SSSR count). The summed E-state index contributed by atoms with van der Waals surface area (Å²) in [6, 6.07) is 13.1. The molecule has 0 amide bonds. The van der Waals surface area contributed by atoms with Crippen LogP contribution in [0.15, 0.2) is 47.4 Å². The maximum absolute atomic E-state index is 11.8. The molecule has 0 unspecified atom stereocenters. The first-order valence-electron chi connectivity index (χ1n) is 6.78. The third-order valence-corrected chi connectivity index (χ3v) is 4.61. The first kappa shape index (κ1) is 15.4. The minimum Gasteiger partial charge on any atom is -0.396 e. The fraction of sp³-hybridized carbons (Fsp3) is 0.250. The summed E-state index contributed by atoms with van der Waals surface area (Å²) in [6.07, 6.45) is 1.17. The van der Waals surface area contributed by atoms with Crippen LogP contribution in [0.1, 0.15) is 12.5 Å². The highest BCUT2D eigenvalue weighted by molar-refractivity contribution is 7.90. The summed E-state index contributed by atoms with van der Waals surface area (Å²) >= 11 is 0. The van der Waals surface area contributed by atoms with Crippen LogP contribution in [0, 0.1) is 6.92 Å². The molecule has 0 fully saturated rings. The van der Waals surface area contributed by atoms with Crippen LogP contribution in [0.25, 0.3) is 0 Å². The molecule has 112 valence electrons. The van der Waals surface area contributed by atoms with Gasteiger partial charge in [0.05, 0.1) is 16.3 Å². The monoisotopic (exact) mass is 304 g/mol. The Kier molecular flexibility index (Phi) is 4.23. The van der Waals surface area contributed by atoms with Crippen LogP contribution < -0.4 is 10.6 Å². The molecule has 0 atom stereocenters. The van der Waals surface area contributed by atoms with E-state index in [-0.39, 0.29) is 4.90 Å². The van der Waals surface area contributed by atoms with Crippen LogP contribution in [-0.2, 0) is 9.84 Å². The van der Waals surface area contributed by atoms with Crippen LogP contribution >= 0.6 is 0 Å². The molecule has 5 heteroatoms. The molecule has 0 radical (unpaired) electrons. The van der Waals surface area contributed by atoms with Gasteiger partial charge in [0, 0.05) is 18.5 Å². The fourth-order valence-corrected chi connectivity index (χ4v) is 3.26. The van der Waals surface area contributed by atoms with Crippen molar-refractivity contribution in [2.45, 2.75) is 18.7 Å². The number of para-hydroxylation sites is 2. The van der Waals surface area contributed by atoms with Crippen LogP contribution in [0.4, 0.5) is 17.1 Å². The van der Waals surface area contributed by atoms with Crippen LogP contribution in [-0.4, -0.2) is 21.2 Å². The summed E-state index contributed by atoms with van der Waals surface area (Å²) in [6.45, 7) is 4.73. The number of nitrogen functional groups attached to an aromatic ring is 1. The molecule has 0 aromatic heterocycles. The van der Waals surface area contributed by atoms with Crippen LogP contribution in [0.5, 0.6) is 0 Å². The van der Waals surface area contributed by atoms with Crippen LogP contribution in [0.2, 0.25) is 0 Å². The normalized spacial score (nSPS) is 11.4. The van der Waals surface area contributed by atoms with Gasteiger partial charge in [-0.2, -0.15) is 0 Å². The van der Waals surface area contributed by atoms with Crippen LogP contribution in [0.3, 0.4) is 0 Å². The number of sulfone groups is 1. The summed E-state index contributed by atoms with van der Waals surface area (Å²) in [5.41, 5.74) is 9.27. The van der Waals surface area contributed by atoms with Crippen molar-refractivity contribution >= 4 is 26.9 Å². The first-order valence-corrected chi connectivity index (χ1v) is 8.67. The van der Waals surface area contributed by atoms with E-state index >= 15 is 0 Å². The fourth-order valence-electron chi connectivity index (χ4n) is 2.43. The number of rotatable bonds is 4. The topological polar surface area (TPSA) is 63.4 Å². The number of hydrogen-bond acceptors (Lipinski definition) is 4.